The van der Waals surface area contributed by atoms with Gasteiger partial charge in [-0.25, -0.2) is 9.10 Å². The Hall–Kier alpha value is -0.910. The predicted molar refractivity (Wildman–Crippen MR) is 76.3 cm³/mol. The smallest absolute Gasteiger partial charge is 0.277 e. The molecular formula is C11H12Cl2N2O2S. The van der Waals surface area contributed by atoms with Gasteiger partial charge in [-0.2, -0.15) is 0 Å². The van der Waals surface area contributed by atoms with E-state index in [2.05, 4.69) is 18.1 Å². The normalized spacial score (nSPS) is 10.3. The summed E-state index contributed by atoms with van der Waals surface area (Å²) in [5.74, 6) is -0.675. The zero-order valence-corrected chi connectivity index (χ0v) is 12.2. The predicted octanol–water partition coefficient (Wildman–Crippen LogP) is 3.54. The van der Waals surface area contributed by atoms with Gasteiger partial charge in [-0.1, -0.05) is 49.9 Å². The Morgan fingerprint density at radius 2 is 1.72 bits per heavy atom. The number of nitrogens with zero attached hydrogens (tertiary/aromatic N) is 1. The van der Waals surface area contributed by atoms with Crippen molar-refractivity contribution in [3.8, 4) is 0 Å². The molecule has 0 saturated heterocycles. The van der Waals surface area contributed by atoms with Crippen LogP contribution in [0.2, 0.25) is 10.0 Å². The second-order valence-corrected chi connectivity index (χ2v) is 5.16. The molecule has 0 aliphatic heterocycles. The van der Waals surface area contributed by atoms with Crippen molar-refractivity contribution in [1.82, 2.24) is 5.32 Å². The summed E-state index contributed by atoms with van der Waals surface area (Å²) in [4.78, 5) is 23.1. The zero-order chi connectivity index (χ0) is 13.9. The largest absolute Gasteiger partial charge is 0.338 e. The fraction of sp³-hybridized carbons (Fsp3) is 0.273. The van der Waals surface area contributed by atoms with Crippen molar-refractivity contribution in [1.29, 1.82) is 0 Å². The first-order valence-electron chi connectivity index (χ1n) is 5.11. The third-order valence-corrected chi connectivity index (χ3v) is 2.89. The number of benzene rings is 1. The number of imide groups is 1. The minimum Gasteiger partial charge on any atom is -0.277 e. The number of amides is 3. The van der Waals surface area contributed by atoms with Gasteiger partial charge in [-0.05, 0) is 18.2 Å². The Balaban J connectivity index is 2.83. The van der Waals surface area contributed by atoms with E-state index in [1.54, 1.807) is 13.8 Å². The molecule has 0 atom stereocenters. The van der Waals surface area contributed by atoms with Crippen LogP contribution in [-0.2, 0) is 4.79 Å². The molecule has 0 saturated carbocycles. The Kier molecular flexibility index (Phi) is 5.31. The summed E-state index contributed by atoms with van der Waals surface area (Å²) in [6.07, 6.45) is 0. The SMILES string of the molecule is CC(C)C(=O)NC(=O)N(S)c1cc(Cl)cc(Cl)c1. The fourth-order valence-corrected chi connectivity index (χ4v) is 1.76. The zero-order valence-electron chi connectivity index (χ0n) is 9.78. The summed E-state index contributed by atoms with van der Waals surface area (Å²) in [6.45, 7) is 3.36. The van der Waals surface area contributed by atoms with Crippen molar-refractivity contribution in [2.24, 2.45) is 5.92 Å². The fourth-order valence-electron chi connectivity index (χ4n) is 1.08. The number of thiol groups is 1. The molecule has 7 heteroatoms. The molecule has 0 unspecified atom stereocenters. The molecule has 0 radical (unpaired) electrons. The minimum atomic E-state index is -0.657. The summed E-state index contributed by atoms with van der Waals surface area (Å²) in [5, 5.41) is 2.95. The maximum absolute atomic E-state index is 11.7. The number of carbonyl (C=O) groups excluding carboxylic acids is 2. The van der Waals surface area contributed by atoms with Crippen LogP contribution >= 0.6 is 36.0 Å². The van der Waals surface area contributed by atoms with E-state index in [-0.39, 0.29) is 11.8 Å². The van der Waals surface area contributed by atoms with Gasteiger partial charge in [0.1, 0.15) is 0 Å². The monoisotopic (exact) mass is 306 g/mol. The molecule has 0 spiro atoms. The van der Waals surface area contributed by atoms with Crippen LogP contribution in [0.15, 0.2) is 18.2 Å². The topological polar surface area (TPSA) is 49.4 Å². The summed E-state index contributed by atoms with van der Waals surface area (Å²) in [6, 6.07) is 3.90. The van der Waals surface area contributed by atoms with Gasteiger partial charge in [0.25, 0.3) is 0 Å². The average molecular weight is 307 g/mol. The van der Waals surface area contributed by atoms with E-state index in [0.717, 1.165) is 4.31 Å². The second-order valence-electron chi connectivity index (χ2n) is 3.89. The Labute approximate surface area is 121 Å². The van der Waals surface area contributed by atoms with E-state index in [9.17, 15) is 9.59 Å². The summed E-state index contributed by atoms with van der Waals surface area (Å²) in [7, 11) is 0. The van der Waals surface area contributed by atoms with Crippen LogP contribution in [0.1, 0.15) is 13.8 Å². The van der Waals surface area contributed by atoms with E-state index in [1.165, 1.54) is 18.2 Å². The van der Waals surface area contributed by atoms with Gasteiger partial charge in [0, 0.05) is 16.0 Å². The van der Waals surface area contributed by atoms with Crippen molar-refractivity contribution in [2.45, 2.75) is 13.8 Å². The Morgan fingerprint density at radius 3 is 2.17 bits per heavy atom. The first-order valence-corrected chi connectivity index (χ1v) is 6.26. The molecule has 1 N–H and O–H groups in total. The van der Waals surface area contributed by atoms with Gasteiger partial charge in [0.05, 0.1) is 5.69 Å². The Bertz CT molecular complexity index is 460. The third kappa shape index (κ3) is 4.08. The molecule has 0 aromatic heterocycles. The van der Waals surface area contributed by atoms with Crippen molar-refractivity contribution >= 4 is 53.6 Å². The number of carbonyl (C=O) groups is 2. The lowest BCUT2D eigenvalue weighted by Gasteiger charge is -2.17. The molecule has 0 heterocycles. The number of hydrogen-bond donors (Lipinski definition) is 2. The summed E-state index contributed by atoms with van der Waals surface area (Å²) >= 11 is 15.6. The molecule has 0 bridgehead atoms. The highest BCUT2D eigenvalue weighted by atomic mass is 35.5. The van der Waals surface area contributed by atoms with E-state index in [4.69, 9.17) is 23.2 Å². The van der Waals surface area contributed by atoms with Crippen molar-refractivity contribution in [3.63, 3.8) is 0 Å². The van der Waals surface area contributed by atoms with Gasteiger partial charge in [0.15, 0.2) is 0 Å². The van der Waals surface area contributed by atoms with Gasteiger partial charge in [-0.3, -0.25) is 10.1 Å². The van der Waals surface area contributed by atoms with Crippen LogP contribution in [-0.4, -0.2) is 11.9 Å². The highest BCUT2D eigenvalue weighted by Gasteiger charge is 2.17. The lowest BCUT2D eigenvalue weighted by Crippen LogP contribution is -2.40. The number of halogens is 2. The molecule has 0 aliphatic carbocycles. The van der Waals surface area contributed by atoms with Crippen LogP contribution in [0, 0.1) is 5.92 Å². The summed E-state index contributed by atoms with van der Waals surface area (Å²) < 4.78 is 0.970. The number of urea groups is 1. The van der Waals surface area contributed by atoms with Crippen molar-refractivity contribution < 1.29 is 9.59 Å². The van der Waals surface area contributed by atoms with Gasteiger partial charge >= 0.3 is 6.03 Å². The van der Waals surface area contributed by atoms with Crippen molar-refractivity contribution in [2.75, 3.05) is 4.31 Å². The third-order valence-electron chi connectivity index (χ3n) is 2.04. The maximum Gasteiger partial charge on any atom is 0.338 e. The molecule has 1 aromatic carbocycles. The van der Waals surface area contributed by atoms with E-state index in [1.807, 2.05) is 0 Å². The van der Waals surface area contributed by atoms with Gasteiger partial charge in [-0.15, -0.1) is 0 Å². The molecule has 0 aliphatic rings. The van der Waals surface area contributed by atoms with Gasteiger partial charge < -0.3 is 0 Å². The van der Waals surface area contributed by atoms with E-state index < -0.39 is 6.03 Å². The standard InChI is InChI=1S/C11H12Cl2N2O2S/c1-6(2)10(16)14-11(17)15(18)9-4-7(12)3-8(13)5-9/h3-6,18H,1-2H3,(H,14,16,17). The van der Waals surface area contributed by atoms with Crippen LogP contribution < -0.4 is 9.62 Å². The first-order chi connectivity index (χ1) is 8.31. The van der Waals surface area contributed by atoms with Crippen LogP contribution in [0.5, 0.6) is 0 Å². The van der Waals surface area contributed by atoms with Crippen molar-refractivity contribution in [3.05, 3.63) is 28.2 Å². The molecule has 18 heavy (non-hydrogen) atoms. The molecular weight excluding hydrogens is 295 g/mol. The lowest BCUT2D eigenvalue weighted by molar-refractivity contribution is -0.122. The Morgan fingerprint density at radius 1 is 1.22 bits per heavy atom. The van der Waals surface area contributed by atoms with E-state index >= 15 is 0 Å². The number of nitrogens with one attached hydrogen (secondary N) is 1. The maximum atomic E-state index is 11.7. The average Bonchev–Trinajstić information content (AvgIpc) is 2.26. The highest BCUT2D eigenvalue weighted by molar-refractivity contribution is 7.82. The van der Waals surface area contributed by atoms with Crippen LogP contribution in [0.25, 0.3) is 0 Å². The molecule has 98 valence electrons. The summed E-state index contributed by atoms with van der Waals surface area (Å²) in [5.41, 5.74) is 0.380. The first kappa shape index (κ1) is 15.1. The molecule has 1 aromatic rings. The van der Waals surface area contributed by atoms with E-state index in [0.29, 0.717) is 15.7 Å². The lowest BCUT2D eigenvalue weighted by atomic mass is 10.2. The molecule has 1 rings (SSSR count). The van der Waals surface area contributed by atoms with Crippen LogP contribution in [0.3, 0.4) is 0 Å². The molecule has 3 amide bonds. The minimum absolute atomic E-state index is 0.293. The van der Waals surface area contributed by atoms with Crippen LogP contribution in [0.4, 0.5) is 10.5 Å². The molecule has 4 nitrogen and oxygen atoms in total. The highest BCUT2D eigenvalue weighted by Crippen LogP contribution is 2.26. The number of rotatable bonds is 2. The second kappa shape index (κ2) is 6.31. The number of anilines is 1. The molecule has 0 fully saturated rings. The quantitative estimate of drug-likeness (QED) is 0.821. The van der Waals surface area contributed by atoms with Gasteiger partial charge in [0.2, 0.25) is 5.91 Å². The number of hydrogen-bond acceptors (Lipinski definition) is 3.